The standard InChI is InChI=1S/C7H15NO3/c9-4-5-7(11)6(10)2-1-3-8-5/h5-11H,1-4H2/t5-,6+,7+/m0/s1. The number of nitrogens with one attached hydrogen (secondary N) is 1. The van der Waals surface area contributed by atoms with Gasteiger partial charge >= 0.3 is 0 Å². The van der Waals surface area contributed by atoms with Crippen LogP contribution in [0.5, 0.6) is 0 Å². The number of aliphatic hydroxyl groups excluding tert-OH is 3. The summed E-state index contributed by atoms with van der Waals surface area (Å²) in [6, 6.07) is -0.368. The van der Waals surface area contributed by atoms with Crippen molar-refractivity contribution in [3.63, 3.8) is 0 Å². The lowest BCUT2D eigenvalue weighted by molar-refractivity contribution is -0.0108. The highest BCUT2D eigenvalue weighted by atomic mass is 16.3. The van der Waals surface area contributed by atoms with E-state index in [1.54, 1.807) is 0 Å². The van der Waals surface area contributed by atoms with E-state index in [1.807, 2.05) is 0 Å². The fraction of sp³-hybridized carbons (Fsp3) is 1.00. The normalized spacial score (nSPS) is 40.1. The van der Waals surface area contributed by atoms with Crippen LogP contribution in [0.1, 0.15) is 12.8 Å². The Balaban J connectivity index is 2.49. The molecule has 66 valence electrons. The highest BCUT2D eigenvalue weighted by molar-refractivity contribution is 4.83. The van der Waals surface area contributed by atoms with E-state index in [-0.39, 0.29) is 12.6 Å². The average molecular weight is 161 g/mol. The average Bonchev–Trinajstić information content (AvgIpc) is 2.16. The van der Waals surface area contributed by atoms with Gasteiger partial charge in [-0.1, -0.05) is 0 Å². The first kappa shape index (κ1) is 8.93. The molecule has 1 aliphatic heterocycles. The summed E-state index contributed by atoms with van der Waals surface area (Å²) >= 11 is 0. The third-order valence-electron chi connectivity index (χ3n) is 2.09. The van der Waals surface area contributed by atoms with Crippen molar-refractivity contribution in [1.82, 2.24) is 5.32 Å². The lowest BCUT2D eigenvalue weighted by Gasteiger charge is -2.21. The Kier molecular flexibility index (Phi) is 3.26. The third kappa shape index (κ3) is 2.13. The molecule has 1 fully saturated rings. The molecule has 4 N–H and O–H groups in total. The molecule has 0 aliphatic carbocycles. The van der Waals surface area contributed by atoms with Gasteiger partial charge in [0.2, 0.25) is 0 Å². The molecule has 0 amide bonds. The summed E-state index contributed by atoms with van der Waals surface area (Å²) in [6.45, 7) is 0.623. The molecule has 0 unspecified atom stereocenters. The molecule has 4 heteroatoms. The first-order valence-electron chi connectivity index (χ1n) is 3.96. The summed E-state index contributed by atoms with van der Waals surface area (Å²) in [5, 5.41) is 30.3. The predicted octanol–water partition coefficient (Wildman–Crippen LogP) is -1.55. The van der Waals surface area contributed by atoms with Crippen molar-refractivity contribution in [1.29, 1.82) is 0 Å². The predicted molar refractivity (Wildman–Crippen MR) is 40.1 cm³/mol. The number of hydrogen-bond acceptors (Lipinski definition) is 4. The summed E-state index contributed by atoms with van der Waals surface area (Å²) in [6.07, 6.45) is -0.0796. The van der Waals surface area contributed by atoms with Crippen molar-refractivity contribution in [2.75, 3.05) is 13.2 Å². The first-order chi connectivity index (χ1) is 5.25. The van der Waals surface area contributed by atoms with Crippen molar-refractivity contribution in [3.05, 3.63) is 0 Å². The molecule has 11 heavy (non-hydrogen) atoms. The van der Waals surface area contributed by atoms with Gasteiger partial charge in [-0.2, -0.15) is 0 Å². The van der Waals surface area contributed by atoms with E-state index in [2.05, 4.69) is 5.32 Å². The number of rotatable bonds is 1. The molecule has 1 aliphatic rings. The van der Waals surface area contributed by atoms with Crippen molar-refractivity contribution < 1.29 is 15.3 Å². The Labute approximate surface area is 65.9 Å². The van der Waals surface area contributed by atoms with Crippen LogP contribution in [-0.2, 0) is 0 Å². The van der Waals surface area contributed by atoms with Crippen LogP contribution in [0, 0.1) is 0 Å². The largest absolute Gasteiger partial charge is 0.395 e. The second-order valence-electron chi connectivity index (χ2n) is 2.94. The maximum absolute atomic E-state index is 9.34. The van der Waals surface area contributed by atoms with Gasteiger partial charge in [-0.15, -0.1) is 0 Å². The van der Waals surface area contributed by atoms with Gasteiger partial charge in [0.15, 0.2) is 0 Å². The Bertz CT molecular complexity index is 120. The summed E-state index contributed by atoms with van der Waals surface area (Å²) in [5.74, 6) is 0. The quantitative estimate of drug-likeness (QED) is 0.376. The van der Waals surface area contributed by atoms with Gasteiger partial charge in [0.1, 0.15) is 0 Å². The minimum Gasteiger partial charge on any atom is -0.395 e. The Morgan fingerprint density at radius 3 is 2.73 bits per heavy atom. The fourth-order valence-electron chi connectivity index (χ4n) is 1.33. The second-order valence-corrected chi connectivity index (χ2v) is 2.94. The zero-order chi connectivity index (χ0) is 8.27. The van der Waals surface area contributed by atoms with Crippen molar-refractivity contribution in [2.45, 2.75) is 31.1 Å². The maximum atomic E-state index is 9.34. The Hall–Kier alpha value is -0.160. The molecule has 3 atom stereocenters. The number of aliphatic hydroxyl groups is 3. The van der Waals surface area contributed by atoms with Gasteiger partial charge in [0.05, 0.1) is 24.9 Å². The van der Waals surface area contributed by atoms with E-state index in [4.69, 9.17) is 5.11 Å². The van der Waals surface area contributed by atoms with E-state index < -0.39 is 12.2 Å². The van der Waals surface area contributed by atoms with Gasteiger partial charge in [-0.25, -0.2) is 0 Å². The van der Waals surface area contributed by atoms with Crippen molar-refractivity contribution >= 4 is 0 Å². The van der Waals surface area contributed by atoms with Crippen LogP contribution in [-0.4, -0.2) is 46.7 Å². The summed E-state index contributed by atoms with van der Waals surface area (Å²) in [7, 11) is 0. The molecular formula is C7H15NO3. The molecule has 0 bridgehead atoms. The van der Waals surface area contributed by atoms with E-state index in [9.17, 15) is 10.2 Å². The summed E-state index contributed by atoms with van der Waals surface area (Å²) in [5.41, 5.74) is 0. The van der Waals surface area contributed by atoms with Crippen LogP contribution in [0.15, 0.2) is 0 Å². The molecule has 1 saturated heterocycles. The fourth-order valence-corrected chi connectivity index (χ4v) is 1.33. The molecule has 0 aromatic heterocycles. The SMILES string of the molecule is OC[C@@H]1NCCC[C@@H](O)[C@@H]1O. The molecular weight excluding hydrogens is 146 g/mol. The van der Waals surface area contributed by atoms with E-state index in [0.717, 1.165) is 13.0 Å². The zero-order valence-electron chi connectivity index (χ0n) is 6.40. The van der Waals surface area contributed by atoms with Gasteiger partial charge in [0.25, 0.3) is 0 Å². The van der Waals surface area contributed by atoms with E-state index >= 15 is 0 Å². The summed E-state index contributed by atoms with van der Waals surface area (Å²) in [4.78, 5) is 0. The van der Waals surface area contributed by atoms with Gasteiger partial charge in [-0.3, -0.25) is 0 Å². The highest BCUT2D eigenvalue weighted by Gasteiger charge is 2.27. The molecule has 0 saturated carbocycles. The second kappa shape index (κ2) is 4.01. The lowest BCUT2D eigenvalue weighted by Crippen LogP contribution is -2.46. The minimum atomic E-state index is -0.831. The van der Waals surface area contributed by atoms with Crippen LogP contribution in [0.2, 0.25) is 0 Å². The molecule has 0 spiro atoms. The molecule has 4 nitrogen and oxygen atoms in total. The topological polar surface area (TPSA) is 72.7 Å². The monoisotopic (exact) mass is 161 g/mol. The number of hydrogen-bond donors (Lipinski definition) is 4. The van der Waals surface area contributed by atoms with Crippen molar-refractivity contribution in [3.8, 4) is 0 Å². The Morgan fingerprint density at radius 1 is 1.36 bits per heavy atom. The smallest absolute Gasteiger partial charge is 0.0973 e. The van der Waals surface area contributed by atoms with Gasteiger partial charge < -0.3 is 20.6 Å². The highest BCUT2D eigenvalue weighted by Crippen LogP contribution is 2.09. The summed E-state index contributed by atoms with van der Waals surface area (Å²) < 4.78 is 0. The third-order valence-corrected chi connectivity index (χ3v) is 2.09. The minimum absolute atomic E-state index is 0.127. The van der Waals surface area contributed by atoms with Gasteiger partial charge in [-0.05, 0) is 19.4 Å². The molecule has 0 aromatic rings. The van der Waals surface area contributed by atoms with Crippen LogP contribution in [0.3, 0.4) is 0 Å². The van der Waals surface area contributed by atoms with Gasteiger partial charge in [0, 0.05) is 0 Å². The molecule has 1 rings (SSSR count). The van der Waals surface area contributed by atoms with Crippen molar-refractivity contribution in [2.24, 2.45) is 0 Å². The van der Waals surface area contributed by atoms with Crippen LogP contribution < -0.4 is 5.32 Å². The first-order valence-corrected chi connectivity index (χ1v) is 3.96. The van der Waals surface area contributed by atoms with E-state index in [1.165, 1.54) is 0 Å². The maximum Gasteiger partial charge on any atom is 0.0973 e. The molecule has 1 heterocycles. The van der Waals surface area contributed by atoms with Crippen LogP contribution in [0.4, 0.5) is 0 Å². The molecule has 0 aromatic carbocycles. The zero-order valence-corrected chi connectivity index (χ0v) is 6.40. The molecule has 0 radical (unpaired) electrons. The van der Waals surface area contributed by atoms with Crippen LogP contribution >= 0.6 is 0 Å². The lowest BCUT2D eigenvalue weighted by atomic mass is 10.1. The van der Waals surface area contributed by atoms with Crippen LogP contribution in [0.25, 0.3) is 0 Å². The Morgan fingerprint density at radius 2 is 2.09 bits per heavy atom. The van der Waals surface area contributed by atoms with E-state index in [0.29, 0.717) is 6.42 Å².